The molecule has 4 nitrogen and oxygen atoms in total. The summed E-state index contributed by atoms with van der Waals surface area (Å²) < 4.78 is 38.4. The Morgan fingerprint density at radius 1 is 1.32 bits per heavy atom. The Bertz CT molecular complexity index is 552. The number of hydrogen-bond donors (Lipinski definition) is 3. The number of aliphatic hydroxyl groups is 1. The lowest BCUT2D eigenvalue weighted by molar-refractivity contribution is -0.138. The zero-order valence-corrected chi connectivity index (χ0v) is 12.3. The lowest BCUT2D eigenvalue weighted by Gasteiger charge is -2.22. The van der Waals surface area contributed by atoms with E-state index in [1.165, 1.54) is 19.1 Å². The van der Waals surface area contributed by atoms with Gasteiger partial charge in [-0.05, 0) is 37.5 Å². The molecule has 0 aliphatic heterocycles. The first kappa shape index (κ1) is 16.6. The van der Waals surface area contributed by atoms with Crippen molar-refractivity contribution in [3.05, 3.63) is 29.3 Å². The summed E-state index contributed by atoms with van der Waals surface area (Å²) in [6.45, 7) is 1.40. The molecule has 0 atom stereocenters. The van der Waals surface area contributed by atoms with Crippen molar-refractivity contribution in [2.75, 3.05) is 11.9 Å². The van der Waals surface area contributed by atoms with Crippen molar-refractivity contribution in [2.24, 2.45) is 0 Å². The van der Waals surface area contributed by atoms with Crippen molar-refractivity contribution >= 4 is 11.7 Å². The van der Waals surface area contributed by atoms with Crippen LogP contribution in [0.3, 0.4) is 0 Å². The molecule has 1 aromatic rings. The minimum absolute atomic E-state index is 0.0373. The highest BCUT2D eigenvalue weighted by molar-refractivity contribution is 5.90. The lowest BCUT2D eigenvalue weighted by Crippen LogP contribution is -2.42. The van der Waals surface area contributed by atoms with Crippen LogP contribution < -0.4 is 10.6 Å². The highest BCUT2D eigenvalue weighted by atomic mass is 19.4. The topological polar surface area (TPSA) is 61.4 Å². The Balaban J connectivity index is 2.00. The van der Waals surface area contributed by atoms with Crippen LogP contribution in [0.1, 0.15) is 36.8 Å². The molecule has 2 amide bonds. The summed E-state index contributed by atoms with van der Waals surface area (Å²) >= 11 is 0. The molecule has 1 fully saturated rings. The zero-order chi connectivity index (χ0) is 16.4. The molecule has 0 aromatic heterocycles. The Kier molecular flexibility index (Phi) is 4.65. The Hall–Kier alpha value is -1.76. The molecular weight excluding hydrogens is 297 g/mol. The number of halogens is 3. The van der Waals surface area contributed by atoms with E-state index in [4.69, 9.17) is 0 Å². The molecule has 7 heteroatoms. The lowest BCUT2D eigenvalue weighted by atomic mass is 10.0. The first-order valence-electron chi connectivity index (χ1n) is 7.15. The molecule has 122 valence electrons. The SMILES string of the molecule is Cc1c(NC(=O)NCC2(O)CCCC2)cccc1C(F)(F)F. The van der Waals surface area contributed by atoms with E-state index in [0.717, 1.165) is 18.9 Å². The zero-order valence-electron chi connectivity index (χ0n) is 12.3. The third-order valence-corrected chi connectivity index (χ3v) is 4.00. The van der Waals surface area contributed by atoms with Crippen LogP contribution in [0.5, 0.6) is 0 Å². The molecule has 1 aliphatic carbocycles. The maximum atomic E-state index is 12.8. The molecule has 0 radical (unpaired) electrons. The summed E-state index contributed by atoms with van der Waals surface area (Å²) in [4.78, 5) is 11.8. The number of urea groups is 1. The number of nitrogens with one attached hydrogen (secondary N) is 2. The van der Waals surface area contributed by atoms with Crippen LogP contribution in [0, 0.1) is 6.92 Å². The molecule has 22 heavy (non-hydrogen) atoms. The monoisotopic (exact) mass is 316 g/mol. The number of amides is 2. The minimum Gasteiger partial charge on any atom is -0.388 e. The van der Waals surface area contributed by atoms with Crippen molar-refractivity contribution in [2.45, 2.75) is 44.4 Å². The normalized spacial score (nSPS) is 17.3. The van der Waals surface area contributed by atoms with Gasteiger partial charge in [-0.2, -0.15) is 13.2 Å². The third kappa shape index (κ3) is 3.91. The van der Waals surface area contributed by atoms with E-state index in [9.17, 15) is 23.1 Å². The van der Waals surface area contributed by atoms with E-state index in [1.807, 2.05) is 0 Å². The predicted octanol–water partition coefficient (Wildman–Crippen LogP) is 3.44. The summed E-state index contributed by atoms with van der Waals surface area (Å²) in [5.41, 5.74) is -1.62. The molecule has 1 saturated carbocycles. The van der Waals surface area contributed by atoms with Gasteiger partial charge >= 0.3 is 12.2 Å². The second-order valence-electron chi connectivity index (χ2n) is 5.72. The highest BCUT2D eigenvalue weighted by Gasteiger charge is 2.33. The molecular formula is C15H19F3N2O2. The first-order chi connectivity index (χ1) is 10.2. The van der Waals surface area contributed by atoms with E-state index in [-0.39, 0.29) is 17.8 Å². The smallest absolute Gasteiger partial charge is 0.388 e. The van der Waals surface area contributed by atoms with Gasteiger partial charge in [-0.3, -0.25) is 0 Å². The number of rotatable bonds is 3. The van der Waals surface area contributed by atoms with Gasteiger partial charge in [0, 0.05) is 12.2 Å². The number of anilines is 1. The van der Waals surface area contributed by atoms with Crippen LogP contribution in [0.25, 0.3) is 0 Å². The van der Waals surface area contributed by atoms with Gasteiger partial charge in [0.2, 0.25) is 0 Å². The van der Waals surface area contributed by atoms with Gasteiger partial charge in [0.1, 0.15) is 0 Å². The summed E-state index contributed by atoms with van der Waals surface area (Å²) in [7, 11) is 0. The van der Waals surface area contributed by atoms with E-state index < -0.39 is 23.4 Å². The molecule has 0 saturated heterocycles. The molecule has 0 spiro atoms. The van der Waals surface area contributed by atoms with Gasteiger partial charge < -0.3 is 15.7 Å². The number of alkyl halides is 3. The van der Waals surface area contributed by atoms with Crippen LogP contribution in [-0.4, -0.2) is 23.3 Å². The number of carbonyl (C=O) groups excluding carboxylic acids is 1. The van der Waals surface area contributed by atoms with Crippen molar-refractivity contribution in [1.29, 1.82) is 0 Å². The van der Waals surface area contributed by atoms with Crippen LogP contribution in [0.15, 0.2) is 18.2 Å². The second-order valence-corrected chi connectivity index (χ2v) is 5.72. The van der Waals surface area contributed by atoms with Gasteiger partial charge in [-0.15, -0.1) is 0 Å². The van der Waals surface area contributed by atoms with Crippen molar-refractivity contribution in [1.82, 2.24) is 5.32 Å². The Morgan fingerprint density at radius 2 is 1.95 bits per heavy atom. The second kappa shape index (κ2) is 6.16. The van der Waals surface area contributed by atoms with Gasteiger partial charge in [0.15, 0.2) is 0 Å². The largest absolute Gasteiger partial charge is 0.416 e. The molecule has 0 unspecified atom stereocenters. The molecule has 3 N–H and O–H groups in total. The fourth-order valence-corrected chi connectivity index (χ4v) is 2.70. The Morgan fingerprint density at radius 3 is 2.55 bits per heavy atom. The van der Waals surface area contributed by atoms with Crippen molar-refractivity contribution in [3.8, 4) is 0 Å². The van der Waals surface area contributed by atoms with Gasteiger partial charge in [0.25, 0.3) is 0 Å². The quantitative estimate of drug-likeness (QED) is 0.800. The van der Waals surface area contributed by atoms with E-state index >= 15 is 0 Å². The number of benzene rings is 1. The summed E-state index contributed by atoms with van der Waals surface area (Å²) in [5.74, 6) is 0. The molecule has 0 heterocycles. The van der Waals surface area contributed by atoms with Gasteiger partial charge in [0.05, 0.1) is 11.2 Å². The average Bonchev–Trinajstić information content (AvgIpc) is 2.85. The van der Waals surface area contributed by atoms with Crippen LogP contribution in [0.2, 0.25) is 0 Å². The number of carbonyl (C=O) groups is 1. The average molecular weight is 316 g/mol. The first-order valence-corrected chi connectivity index (χ1v) is 7.15. The molecule has 1 aromatic carbocycles. The van der Waals surface area contributed by atoms with Crippen LogP contribution in [-0.2, 0) is 6.18 Å². The molecule has 2 rings (SSSR count). The predicted molar refractivity (Wildman–Crippen MR) is 76.6 cm³/mol. The Labute approximate surface area is 126 Å². The summed E-state index contributed by atoms with van der Waals surface area (Å²) in [5, 5.41) is 15.0. The fourth-order valence-electron chi connectivity index (χ4n) is 2.70. The van der Waals surface area contributed by atoms with Crippen molar-refractivity contribution in [3.63, 3.8) is 0 Å². The van der Waals surface area contributed by atoms with Gasteiger partial charge in [-0.25, -0.2) is 4.79 Å². The van der Waals surface area contributed by atoms with Crippen LogP contribution >= 0.6 is 0 Å². The highest BCUT2D eigenvalue weighted by Crippen LogP contribution is 2.34. The van der Waals surface area contributed by atoms with E-state index in [1.54, 1.807) is 0 Å². The summed E-state index contributed by atoms with van der Waals surface area (Å²) in [6.07, 6.45) is -1.40. The fraction of sp³-hybridized carbons (Fsp3) is 0.533. The molecule has 1 aliphatic rings. The maximum Gasteiger partial charge on any atom is 0.416 e. The van der Waals surface area contributed by atoms with Crippen LogP contribution in [0.4, 0.5) is 23.7 Å². The van der Waals surface area contributed by atoms with Crippen molar-refractivity contribution < 1.29 is 23.1 Å². The van der Waals surface area contributed by atoms with E-state index in [2.05, 4.69) is 10.6 Å². The summed E-state index contributed by atoms with van der Waals surface area (Å²) in [6, 6.07) is 3.01. The standard InChI is InChI=1S/C15H19F3N2O2/c1-10-11(15(16,17)18)5-4-6-12(10)20-13(21)19-9-14(22)7-2-3-8-14/h4-6,22H,2-3,7-9H2,1H3,(H2,19,20,21). The third-order valence-electron chi connectivity index (χ3n) is 4.00. The van der Waals surface area contributed by atoms with Gasteiger partial charge in [-0.1, -0.05) is 18.9 Å². The molecule has 0 bridgehead atoms. The minimum atomic E-state index is -4.46. The number of hydrogen-bond acceptors (Lipinski definition) is 2. The van der Waals surface area contributed by atoms with E-state index in [0.29, 0.717) is 12.8 Å². The maximum absolute atomic E-state index is 12.8.